The number of thioether (sulfide) groups is 1. The number of allylic oxidation sites excluding steroid dienone is 2. The molecule has 6 nitrogen and oxygen atoms in total. The molecule has 0 spiro atoms. The highest BCUT2D eigenvalue weighted by molar-refractivity contribution is 8.04. The Morgan fingerprint density at radius 2 is 2.14 bits per heavy atom. The molecule has 0 saturated heterocycles. The molecule has 1 heterocycles. The number of aromatic amines is 1. The molecule has 1 aliphatic carbocycles. The zero-order valence-electron chi connectivity index (χ0n) is 11.8. The van der Waals surface area contributed by atoms with Gasteiger partial charge in [0.25, 0.3) is 0 Å². The van der Waals surface area contributed by atoms with Crippen molar-refractivity contribution in [3.05, 3.63) is 28.4 Å². The van der Waals surface area contributed by atoms with Crippen molar-refractivity contribution in [2.75, 3.05) is 12.3 Å². The summed E-state index contributed by atoms with van der Waals surface area (Å²) in [7, 11) is 0. The highest BCUT2D eigenvalue weighted by atomic mass is 32.2. The summed E-state index contributed by atoms with van der Waals surface area (Å²) in [5.41, 5.74) is 0.635. The fourth-order valence-corrected chi connectivity index (χ4v) is 2.99. The van der Waals surface area contributed by atoms with E-state index in [1.165, 1.54) is 31.0 Å². The number of hydrogen-bond acceptors (Lipinski definition) is 5. The van der Waals surface area contributed by atoms with Gasteiger partial charge in [-0.1, -0.05) is 6.42 Å². The van der Waals surface area contributed by atoms with Crippen LogP contribution in [-0.4, -0.2) is 40.0 Å². The Hall–Kier alpha value is -1.89. The first-order valence-corrected chi connectivity index (χ1v) is 7.79. The first kappa shape index (κ1) is 15.5. The van der Waals surface area contributed by atoms with Crippen molar-refractivity contribution >= 4 is 29.2 Å². The van der Waals surface area contributed by atoms with Crippen LogP contribution in [0.5, 0.6) is 0 Å². The van der Waals surface area contributed by atoms with E-state index in [1.807, 2.05) is 0 Å². The fraction of sp³-hybridized carbons (Fsp3) is 0.429. The zero-order chi connectivity index (χ0) is 15.2. The average molecular weight is 307 g/mol. The van der Waals surface area contributed by atoms with Gasteiger partial charge < -0.3 is 5.32 Å². The molecular weight excluding hydrogens is 290 g/mol. The van der Waals surface area contributed by atoms with Gasteiger partial charge in [-0.25, -0.2) is 0 Å². The van der Waals surface area contributed by atoms with Crippen LogP contribution >= 0.6 is 11.8 Å². The van der Waals surface area contributed by atoms with Gasteiger partial charge in [-0.05, 0) is 18.6 Å². The van der Waals surface area contributed by atoms with Crippen LogP contribution in [0.15, 0.2) is 17.2 Å². The van der Waals surface area contributed by atoms with Gasteiger partial charge in [-0.3, -0.25) is 19.5 Å². The lowest BCUT2D eigenvalue weighted by Gasteiger charge is -2.10. The van der Waals surface area contributed by atoms with Crippen LogP contribution in [0.2, 0.25) is 0 Å². The van der Waals surface area contributed by atoms with Gasteiger partial charge in [0.15, 0.2) is 0 Å². The minimum Gasteiger partial charge on any atom is -0.356 e. The molecule has 7 heteroatoms. The second-order valence-electron chi connectivity index (χ2n) is 4.75. The van der Waals surface area contributed by atoms with E-state index in [9.17, 15) is 14.4 Å². The normalized spacial score (nSPS) is 13.9. The van der Waals surface area contributed by atoms with Crippen molar-refractivity contribution in [3.8, 4) is 0 Å². The van der Waals surface area contributed by atoms with Crippen LogP contribution in [0.3, 0.4) is 0 Å². The van der Waals surface area contributed by atoms with E-state index in [0.717, 1.165) is 25.0 Å². The molecule has 2 rings (SSSR count). The molecule has 0 aromatic carbocycles. The molecule has 2 N–H and O–H groups in total. The Bertz CT molecular complexity index is 592. The number of unbranched alkanes of at least 4 members (excludes halogenated alkanes) is 2. The molecule has 1 aromatic heterocycles. The Labute approximate surface area is 126 Å². The van der Waals surface area contributed by atoms with Crippen LogP contribution in [0.25, 0.3) is 0 Å². The molecule has 0 unspecified atom stereocenters. The van der Waals surface area contributed by atoms with E-state index in [2.05, 4.69) is 15.5 Å². The molecule has 0 atom stereocenters. The smallest absolute Gasteiger partial charge is 0.216 e. The van der Waals surface area contributed by atoms with Crippen molar-refractivity contribution < 1.29 is 14.4 Å². The number of fused-ring (bicyclic) bond motifs is 1. The van der Waals surface area contributed by atoms with Crippen LogP contribution in [0, 0.1) is 0 Å². The maximum Gasteiger partial charge on any atom is 0.216 e. The Kier molecular flexibility index (Phi) is 5.32. The Balaban J connectivity index is 1.73. The maximum absolute atomic E-state index is 12.1. The van der Waals surface area contributed by atoms with E-state index in [0.29, 0.717) is 17.0 Å². The average Bonchev–Trinajstić information content (AvgIpc) is 2.92. The first-order chi connectivity index (χ1) is 10.1. The van der Waals surface area contributed by atoms with Crippen molar-refractivity contribution in [1.29, 1.82) is 0 Å². The van der Waals surface area contributed by atoms with Gasteiger partial charge in [0.2, 0.25) is 17.5 Å². The Morgan fingerprint density at radius 1 is 1.33 bits per heavy atom. The van der Waals surface area contributed by atoms with Crippen LogP contribution in [0.4, 0.5) is 0 Å². The molecule has 21 heavy (non-hydrogen) atoms. The number of rotatable bonds is 7. The highest BCUT2D eigenvalue weighted by Gasteiger charge is 2.27. The second-order valence-corrected chi connectivity index (χ2v) is 5.89. The second kappa shape index (κ2) is 7.21. The summed E-state index contributed by atoms with van der Waals surface area (Å²) in [5.74, 6) is 0.423. The predicted octanol–water partition coefficient (Wildman–Crippen LogP) is 1.71. The van der Waals surface area contributed by atoms with Gasteiger partial charge in [0.05, 0.1) is 16.7 Å². The summed E-state index contributed by atoms with van der Waals surface area (Å²) in [6.07, 6.45) is 5.60. The minimum absolute atomic E-state index is 0.0169. The maximum atomic E-state index is 12.1. The van der Waals surface area contributed by atoms with Crippen LogP contribution < -0.4 is 5.32 Å². The number of aromatic nitrogens is 2. The molecule has 1 aromatic rings. The largest absolute Gasteiger partial charge is 0.356 e. The number of Topliss-reactive ketones (excluding diaryl/α,β-unsaturated/α-hetero) is 1. The number of H-pyrrole nitrogens is 1. The van der Waals surface area contributed by atoms with E-state index in [4.69, 9.17) is 0 Å². The summed E-state index contributed by atoms with van der Waals surface area (Å²) in [4.78, 5) is 35.1. The summed E-state index contributed by atoms with van der Waals surface area (Å²) in [5, 5.41) is 9.03. The lowest BCUT2D eigenvalue weighted by atomic mass is 10.0. The molecule has 112 valence electrons. The number of nitrogens with zero attached hydrogens (tertiary/aromatic N) is 1. The molecular formula is C14H17N3O3S. The number of amides is 1. The van der Waals surface area contributed by atoms with Gasteiger partial charge in [-0.15, -0.1) is 11.8 Å². The van der Waals surface area contributed by atoms with Gasteiger partial charge in [-0.2, -0.15) is 5.10 Å². The van der Waals surface area contributed by atoms with Crippen molar-refractivity contribution in [1.82, 2.24) is 15.5 Å². The summed E-state index contributed by atoms with van der Waals surface area (Å²) < 4.78 is 0. The van der Waals surface area contributed by atoms with E-state index < -0.39 is 0 Å². The van der Waals surface area contributed by atoms with Gasteiger partial charge in [0, 0.05) is 19.5 Å². The van der Waals surface area contributed by atoms with Crippen molar-refractivity contribution in [3.63, 3.8) is 0 Å². The molecule has 0 radical (unpaired) electrons. The first-order valence-electron chi connectivity index (χ1n) is 6.81. The van der Waals surface area contributed by atoms with Gasteiger partial charge in [0.1, 0.15) is 5.69 Å². The summed E-state index contributed by atoms with van der Waals surface area (Å²) in [6.45, 7) is 2.18. The van der Waals surface area contributed by atoms with E-state index >= 15 is 0 Å². The summed E-state index contributed by atoms with van der Waals surface area (Å²) in [6, 6.07) is 0. The van der Waals surface area contributed by atoms with Crippen LogP contribution in [0.1, 0.15) is 47.0 Å². The SMILES string of the molecule is CC(=O)NCCCCCSC1=CC(=O)c2[nH]ncc2C1=O. The highest BCUT2D eigenvalue weighted by Crippen LogP contribution is 2.27. The molecule has 0 fully saturated rings. The molecule has 0 aliphatic heterocycles. The number of hydrogen-bond donors (Lipinski definition) is 2. The third kappa shape index (κ3) is 4.04. The van der Waals surface area contributed by atoms with Crippen LogP contribution in [-0.2, 0) is 4.79 Å². The zero-order valence-corrected chi connectivity index (χ0v) is 12.6. The quantitative estimate of drug-likeness (QED) is 0.748. The number of ketones is 2. The number of nitrogens with one attached hydrogen (secondary N) is 2. The molecule has 1 aliphatic rings. The topological polar surface area (TPSA) is 91.9 Å². The monoisotopic (exact) mass is 307 g/mol. The molecule has 0 bridgehead atoms. The van der Waals surface area contributed by atoms with Crippen molar-refractivity contribution in [2.45, 2.75) is 26.2 Å². The molecule has 0 saturated carbocycles. The van der Waals surface area contributed by atoms with Gasteiger partial charge >= 0.3 is 0 Å². The number of carbonyl (C=O) groups excluding carboxylic acids is 3. The third-order valence-corrected chi connectivity index (χ3v) is 4.18. The molecule has 1 amide bonds. The standard InChI is InChI=1S/C14H17N3O3S/c1-9(18)15-5-3-2-4-6-21-12-7-11(19)13-10(14(12)20)8-16-17-13/h7-8H,2-6H2,1H3,(H,15,18)(H,16,17). The third-order valence-electron chi connectivity index (χ3n) is 3.07. The fourth-order valence-electron chi connectivity index (χ4n) is 1.99. The van der Waals surface area contributed by atoms with E-state index in [-0.39, 0.29) is 23.2 Å². The predicted molar refractivity (Wildman–Crippen MR) is 80.3 cm³/mol. The van der Waals surface area contributed by atoms with Crippen molar-refractivity contribution in [2.24, 2.45) is 0 Å². The minimum atomic E-state index is -0.199. The lowest BCUT2D eigenvalue weighted by Crippen LogP contribution is -2.20. The van der Waals surface area contributed by atoms with E-state index in [1.54, 1.807) is 0 Å². The summed E-state index contributed by atoms with van der Waals surface area (Å²) >= 11 is 1.40. The lowest BCUT2D eigenvalue weighted by molar-refractivity contribution is -0.118. The number of carbonyl (C=O) groups is 3. The Morgan fingerprint density at radius 3 is 2.90 bits per heavy atom.